The molecule has 0 aliphatic heterocycles. The van der Waals surface area contributed by atoms with Gasteiger partial charge in [0, 0.05) is 29.4 Å². The molecular weight excluding hydrogens is 1310 g/mol. The van der Waals surface area contributed by atoms with E-state index in [0.717, 1.165) is 123 Å². The number of aliphatic hydroxyl groups is 1. The van der Waals surface area contributed by atoms with E-state index in [1.807, 2.05) is 192 Å². The first-order valence-electron chi connectivity index (χ1n) is 38.1. The second-order valence-electron chi connectivity index (χ2n) is 35.6. The third-order valence-corrected chi connectivity index (χ3v) is 20.4. The normalized spacial score (nSPS) is 13.2. The highest BCUT2D eigenvalue weighted by molar-refractivity contribution is 5.72. The van der Waals surface area contributed by atoms with Crippen LogP contribution in [0.5, 0.6) is 28.7 Å². The Kier molecular flexibility index (Phi) is 26.0. The standard InChI is InChI=1S/C89H122N6O10/c1-23-31-59(32-29-27-25-24-26-28-30-39-104-53-63(96)54-105-64-35-38-67(74(97)48-64)80-91-78(65-36-33-55(2)40-57(65)4)90-79(92-80)66-37-34-56(3)41-58(66)5)49-89(21,22)73-47-62(46-72(77(73)100)88(18,19)20)52-95-82(102)93(50-60-42-68(84(6,7)8)75(98)69(43-60)85(9,10)11)81(101)94(83(95)103)51-61-44-70(86(12,13)14)76(99)71(45-61)87(15,16)17/h33-38,40-48,59,63,96-100H,23-32,39,49-54H2,1-22H3. The maximum absolute atomic E-state index is 15.3. The average Bonchev–Trinajstić information content (AvgIpc) is 0.765. The summed E-state index contributed by atoms with van der Waals surface area (Å²) in [6, 6.07) is 28.5. The van der Waals surface area contributed by atoms with Crippen LogP contribution in [0.15, 0.2) is 105 Å². The Balaban J connectivity index is 0.898. The molecule has 105 heavy (non-hydrogen) atoms. The summed E-state index contributed by atoms with van der Waals surface area (Å²) in [5, 5.41) is 58.0. The van der Waals surface area contributed by atoms with Crippen molar-refractivity contribution in [3.8, 4) is 62.9 Å². The van der Waals surface area contributed by atoms with Crippen molar-refractivity contribution in [2.75, 3.05) is 19.8 Å². The van der Waals surface area contributed by atoms with Crippen LogP contribution >= 0.6 is 0 Å². The fourth-order valence-electron chi connectivity index (χ4n) is 14.6. The van der Waals surface area contributed by atoms with Crippen LogP contribution in [-0.2, 0) is 56.9 Å². The Morgan fingerprint density at radius 1 is 0.419 bits per heavy atom. The number of ether oxygens (including phenoxy) is 2. The Morgan fingerprint density at radius 3 is 1.14 bits per heavy atom. The number of aryl methyl sites for hydroxylation is 4. The van der Waals surface area contributed by atoms with Crippen molar-refractivity contribution in [2.24, 2.45) is 5.92 Å². The number of phenolic OH excluding ortho intramolecular Hbond substituents is 4. The van der Waals surface area contributed by atoms with Gasteiger partial charge in [-0.15, -0.1) is 0 Å². The highest BCUT2D eigenvalue weighted by Crippen LogP contribution is 2.46. The molecule has 2 heterocycles. The number of hydrogen-bond donors (Lipinski definition) is 5. The zero-order chi connectivity index (χ0) is 77.6. The molecule has 5 N–H and O–H groups in total. The van der Waals surface area contributed by atoms with Crippen LogP contribution in [0.2, 0.25) is 0 Å². The lowest BCUT2D eigenvalue weighted by atomic mass is 9.72. The van der Waals surface area contributed by atoms with Crippen molar-refractivity contribution in [1.29, 1.82) is 0 Å². The van der Waals surface area contributed by atoms with E-state index in [2.05, 4.69) is 32.9 Å². The first kappa shape index (κ1) is 82.3. The molecule has 8 rings (SSSR count). The lowest BCUT2D eigenvalue weighted by molar-refractivity contribution is 0.0109. The van der Waals surface area contributed by atoms with Gasteiger partial charge in [0.2, 0.25) is 0 Å². The van der Waals surface area contributed by atoms with Gasteiger partial charge >= 0.3 is 17.1 Å². The summed E-state index contributed by atoms with van der Waals surface area (Å²) in [5.74, 6) is 2.62. The lowest BCUT2D eigenvalue weighted by Gasteiger charge is -2.34. The predicted octanol–water partition coefficient (Wildman–Crippen LogP) is 18.7. The zero-order valence-corrected chi connectivity index (χ0v) is 67.3. The van der Waals surface area contributed by atoms with Crippen LogP contribution in [-0.4, -0.2) is 80.1 Å². The van der Waals surface area contributed by atoms with Crippen LogP contribution < -0.4 is 21.8 Å². The Bertz CT molecular complexity index is 4310. The third kappa shape index (κ3) is 20.6. The molecule has 0 spiro atoms. The highest BCUT2D eigenvalue weighted by Gasteiger charge is 2.34. The SMILES string of the molecule is CCCC(CCCCCCCCCOCC(O)COc1ccc(-c2nc(-c3ccc(C)cc3C)nc(-c3ccc(C)cc3C)n2)c(O)c1)CC(C)(C)c1cc(Cn2c(=O)n(Cc3cc(C(C)(C)C)c(O)c(C(C)(C)C)c3)c(=O)n(Cc3cc(C(C)(C)C)c(O)c(C(C)(C)C)c3)c2=O)cc(C(C)(C)C)c1O. The summed E-state index contributed by atoms with van der Waals surface area (Å²) in [6.45, 7) is 45.2. The van der Waals surface area contributed by atoms with Crippen molar-refractivity contribution in [3.05, 3.63) is 195 Å². The van der Waals surface area contributed by atoms with Gasteiger partial charge in [0.25, 0.3) is 0 Å². The maximum Gasteiger partial charge on any atom is 0.336 e. The second kappa shape index (κ2) is 33.2. The summed E-state index contributed by atoms with van der Waals surface area (Å²) >= 11 is 0. The number of rotatable bonds is 29. The monoisotopic (exact) mass is 1430 g/mol. The summed E-state index contributed by atoms with van der Waals surface area (Å²) in [7, 11) is 0. The van der Waals surface area contributed by atoms with E-state index in [0.29, 0.717) is 85.8 Å². The van der Waals surface area contributed by atoms with E-state index in [4.69, 9.17) is 24.4 Å². The minimum atomic E-state index is -0.864. The first-order valence-corrected chi connectivity index (χ1v) is 38.1. The fraction of sp³-hybridized carbons (Fsp3) is 0.528. The van der Waals surface area contributed by atoms with E-state index < -0.39 is 55.7 Å². The number of aliphatic hydroxyl groups excluding tert-OH is 1. The minimum Gasteiger partial charge on any atom is -0.507 e. The molecular formula is C89H122N6O10. The van der Waals surface area contributed by atoms with Crippen LogP contribution in [0.1, 0.15) is 268 Å². The molecule has 568 valence electrons. The Morgan fingerprint density at radius 2 is 0.771 bits per heavy atom. The molecule has 0 radical (unpaired) electrons. The van der Waals surface area contributed by atoms with Crippen molar-refractivity contribution in [1.82, 2.24) is 28.7 Å². The molecule has 2 atom stereocenters. The number of aromatic hydroxyl groups is 4. The molecule has 0 aliphatic carbocycles. The molecule has 0 amide bonds. The lowest BCUT2D eigenvalue weighted by Crippen LogP contribution is -2.55. The predicted molar refractivity (Wildman–Crippen MR) is 426 cm³/mol. The number of nitrogens with zero attached hydrogens (tertiary/aromatic N) is 6. The average molecular weight is 1440 g/mol. The van der Waals surface area contributed by atoms with Gasteiger partial charge in [-0.25, -0.2) is 43.0 Å². The maximum atomic E-state index is 15.3. The van der Waals surface area contributed by atoms with Gasteiger partial charge in [-0.3, -0.25) is 0 Å². The minimum absolute atomic E-state index is 0.0107. The number of benzene rings is 6. The first-order chi connectivity index (χ1) is 48.9. The topological polar surface area (TPSA) is 224 Å². The Hall–Kier alpha value is -8.34. The quantitative estimate of drug-likeness (QED) is 0.0276. The Labute approximate surface area is 625 Å². The van der Waals surface area contributed by atoms with Gasteiger partial charge < -0.3 is 35.0 Å². The second-order valence-corrected chi connectivity index (χ2v) is 35.6. The van der Waals surface area contributed by atoms with E-state index in [1.54, 1.807) is 12.1 Å². The molecule has 6 aromatic carbocycles. The largest absolute Gasteiger partial charge is 0.507 e. The van der Waals surface area contributed by atoms with Crippen molar-refractivity contribution >= 4 is 0 Å². The molecule has 2 unspecified atom stereocenters. The molecule has 0 fully saturated rings. The van der Waals surface area contributed by atoms with Crippen molar-refractivity contribution < 1.29 is 35.0 Å². The smallest absolute Gasteiger partial charge is 0.336 e. The van der Waals surface area contributed by atoms with Crippen LogP contribution in [0.3, 0.4) is 0 Å². The number of phenols is 4. The van der Waals surface area contributed by atoms with Crippen LogP contribution in [0, 0.1) is 33.6 Å². The zero-order valence-electron chi connectivity index (χ0n) is 67.3. The van der Waals surface area contributed by atoms with Crippen molar-refractivity contribution in [2.45, 2.75) is 281 Å². The van der Waals surface area contributed by atoms with E-state index in [-0.39, 0.29) is 55.8 Å². The van der Waals surface area contributed by atoms with E-state index >= 15 is 14.4 Å². The molecule has 2 aromatic heterocycles. The molecule has 0 aliphatic rings. The number of aromatic nitrogens is 6. The molecule has 0 saturated heterocycles. The molecule has 0 saturated carbocycles. The van der Waals surface area contributed by atoms with Gasteiger partial charge in [-0.2, -0.15) is 0 Å². The van der Waals surface area contributed by atoms with Crippen molar-refractivity contribution in [3.63, 3.8) is 0 Å². The number of hydrogen-bond acceptors (Lipinski definition) is 13. The van der Waals surface area contributed by atoms with Gasteiger partial charge in [0.1, 0.15) is 41.5 Å². The third-order valence-electron chi connectivity index (χ3n) is 20.4. The van der Waals surface area contributed by atoms with Crippen LogP contribution in [0.4, 0.5) is 0 Å². The summed E-state index contributed by atoms with van der Waals surface area (Å²) in [6.07, 6.45) is 10.5. The van der Waals surface area contributed by atoms with Gasteiger partial charge in [-0.1, -0.05) is 230 Å². The molecule has 16 nitrogen and oxygen atoms in total. The molecule has 0 bridgehead atoms. The van der Waals surface area contributed by atoms with Gasteiger partial charge in [-0.05, 0) is 183 Å². The van der Waals surface area contributed by atoms with Gasteiger partial charge in [0.15, 0.2) is 17.5 Å². The number of unbranched alkanes of at least 4 members (excludes halogenated alkanes) is 6. The van der Waals surface area contributed by atoms with E-state index in [9.17, 15) is 25.5 Å². The summed E-state index contributed by atoms with van der Waals surface area (Å²) in [5.41, 5.74) is 7.24. The van der Waals surface area contributed by atoms with E-state index in [1.165, 1.54) is 6.07 Å². The van der Waals surface area contributed by atoms with Gasteiger partial charge in [0.05, 0.1) is 31.8 Å². The summed E-state index contributed by atoms with van der Waals surface area (Å²) < 4.78 is 15.2. The molecule has 8 aromatic rings. The molecule has 16 heteroatoms. The fourth-order valence-corrected chi connectivity index (χ4v) is 14.6. The summed E-state index contributed by atoms with van der Waals surface area (Å²) in [4.78, 5) is 60.4. The highest BCUT2D eigenvalue weighted by atomic mass is 16.5. The van der Waals surface area contributed by atoms with Crippen LogP contribution in [0.25, 0.3) is 34.2 Å².